The molecule has 1 aliphatic heterocycles. The first-order valence-electron chi connectivity index (χ1n) is 11.1. The number of amides is 2. The Hall–Kier alpha value is -1.91. The number of carbonyl (C=O) groups excluding carboxylic acids is 2. The van der Waals surface area contributed by atoms with Crippen LogP contribution in [0.4, 0.5) is 0 Å². The summed E-state index contributed by atoms with van der Waals surface area (Å²) in [5.74, 6) is 3.57. The van der Waals surface area contributed by atoms with E-state index in [0.717, 1.165) is 30.4 Å². The number of nitrogens with one attached hydrogen (secondary N) is 1. The Kier molecular flexibility index (Phi) is 4.64. The molecule has 5 heteroatoms. The molecule has 6 rings (SSSR count). The fourth-order valence-corrected chi connectivity index (χ4v) is 6.61. The van der Waals surface area contributed by atoms with Crippen LogP contribution in [0.25, 0.3) is 0 Å². The van der Waals surface area contributed by atoms with Gasteiger partial charge in [-0.15, -0.1) is 0 Å². The topological polar surface area (TPSA) is 62.3 Å². The lowest BCUT2D eigenvalue weighted by atomic mass is 9.54. The molecule has 1 aromatic heterocycles. The number of aryl methyl sites for hydroxylation is 1. The van der Waals surface area contributed by atoms with Crippen LogP contribution >= 0.6 is 0 Å². The summed E-state index contributed by atoms with van der Waals surface area (Å²) in [7, 11) is 0. The number of piperidine rings is 1. The van der Waals surface area contributed by atoms with E-state index < -0.39 is 0 Å². The molecule has 1 aromatic rings. The highest BCUT2D eigenvalue weighted by Gasteiger charge is 2.49. The molecule has 4 aliphatic carbocycles. The first-order valence-corrected chi connectivity index (χ1v) is 11.1. The van der Waals surface area contributed by atoms with Crippen LogP contribution in [0.3, 0.4) is 0 Å². The van der Waals surface area contributed by atoms with E-state index in [-0.39, 0.29) is 17.7 Å². The Morgan fingerprint density at radius 1 is 1.00 bits per heavy atom. The molecule has 5 aliphatic rings. The van der Waals surface area contributed by atoms with Crippen molar-refractivity contribution in [2.45, 2.75) is 57.9 Å². The highest BCUT2D eigenvalue weighted by molar-refractivity contribution is 5.92. The zero-order valence-electron chi connectivity index (χ0n) is 16.8. The number of hydrogen-bond donors (Lipinski definition) is 1. The van der Waals surface area contributed by atoms with Gasteiger partial charge >= 0.3 is 0 Å². The predicted octanol–water partition coefficient (Wildman–Crippen LogP) is 3.18. The third kappa shape index (κ3) is 3.33. The van der Waals surface area contributed by atoms with Gasteiger partial charge in [-0.05, 0) is 87.7 Å². The van der Waals surface area contributed by atoms with Crippen LogP contribution in [0.5, 0.6) is 0 Å². The zero-order chi connectivity index (χ0) is 19.3. The number of nitrogens with zero attached hydrogens (tertiary/aromatic N) is 2. The summed E-state index contributed by atoms with van der Waals surface area (Å²) in [5, 5.41) is 3.46. The smallest absolute Gasteiger partial charge is 0.272 e. The zero-order valence-corrected chi connectivity index (χ0v) is 16.8. The van der Waals surface area contributed by atoms with Crippen LogP contribution in [0.15, 0.2) is 18.2 Å². The molecule has 0 atom stereocenters. The molecular weight excluding hydrogens is 350 g/mol. The lowest BCUT2D eigenvalue weighted by Crippen LogP contribution is -2.57. The monoisotopic (exact) mass is 381 g/mol. The summed E-state index contributed by atoms with van der Waals surface area (Å²) in [4.78, 5) is 31.8. The number of aromatic nitrogens is 1. The van der Waals surface area contributed by atoms with Gasteiger partial charge in [-0.2, -0.15) is 0 Å². The highest BCUT2D eigenvalue weighted by atomic mass is 16.2. The third-order valence-electron chi connectivity index (χ3n) is 7.80. The van der Waals surface area contributed by atoms with Gasteiger partial charge < -0.3 is 10.2 Å². The van der Waals surface area contributed by atoms with E-state index in [2.05, 4.69) is 10.3 Å². The maximum absolute atomic E-state index is 13.0. The summed E-state index contributed by atoms with van der Waals surface area (Å²) in [6, 6.07) is 5.97. The molecule has 1 N–H and O–H groups in total. The molecule has 0 aromatic carbocycles. The lowest BCUT2D eigenvalue weighted by molar-refractivity contribution is -0.130. The van der Waals surface area contributed by atoms with E-state index in [9.17, 15) is 9.59 Å². The second kappa shape index (κ2) is 7.16. The van der Waals surface area contributed by atoms with E-state index in [0.29, 0.717) is 36.7 Å². The Labute approximate surface area is 167 Å². The summed E-state index contributed by atoms with van der Waals surface area (Å²) >= 11 is 0. The lowest BCUT2D eigenvalue weighted by Gasteiger charge is -2.54. The second-order valence-electron chi connectivity index (χ2n) is 9.70. The van der Waals surface area contributed by atoms with Crippen molar-refractivity contribution < 1.29 is 9.59 Å². The van der Waals surface area contributed by atoms with Gasteiger partial charge in [0.15, 0.2) is 0 Å². The van der Waals surface area contributed by atoms with E-state index in [1.165, 1.54) is 32.1 Å². The highest BCUT2D eigenvalue weighted by Crippen LogP contribution is 2.53. The van der Waals surface area contributed by atoms with Gasteiger partial charge in [0, 0.05) is 30.7 Å². The fourth-order valence-electron chi connectivity index (χ4n) is 6.61. The maximum Gasteiger partial charge on any atom is 0.272 e. The molecule has 5 fully saturated rings. The second-order valence-corrected chi connectivity index (χ2v) is 9.70. The third-order valence-corrected chi connectivity index (χ3v) is 7.80. The molecule has 150 valence electrons. The number of pyridine rings is 1. The molecule has 4 bridgehead atoms. The summed E-state index contributed by atoms with van der Waals surface area (Å²) in [5.41, 5.74) is 1.37. The van der Waals surface area contributed by atoms with Gasteiger partial charge in [-0.3, -0.25) is 9.59 Å². The van der Waals surface area contributed by atoms with E-state index in [1.807, 2.05) is 24.0 Å². The van der Waals surface area contributed by atoms with Gasteiger partial charge in [-0.25, -0.2) is 4.98 Å². The maximum atomic E-state index is 13.0. The average Bonchev–Trinajstić information content (AvgIpc) is 2.69. The Morgan fingerprint density at radius 2 is 1.64 bits per heavy atom. The van der Waals surface area contributed by atoms with Crippen molar-refractivity contribution in [1.82, 2.24) is 15.2 Å². The average molecular weight is 382 g/mol. The van der Waals surface area contributed by atoms with Gasteiger partial charge in [0.2, 0.25) is 5.91 Å². The molecule has 0 radical (unpaired) electrons. The normalized spacial score (nSPS) is 34.5. The van der Waals surface area contributed by atoms with Crippen LogP contribution in [0.1, 0.15) is 61.1 Å². The van der Waals surface area contributed by atoms with Crippen molar-refractivity contribution in [2.75, 3.05) is 13.1 Å². The van der Waals surface area contributed by atoms with Crippen molar-refractivity contribution >= 4 is 11.8 Å². The first kappa shape index (κ1) is 18.1. The molecule has 0 unspecified atom stereocenters. The molecular formula is C23H31N3O2. The van der Waals surface area contributed by atoms with Crippen LogP contribution in [-0.2, 0) is 4.79 Å². The SMILES string of the molecule is Cc1cccc(C(=O)N2CCC(C(=O)NC3C4CC5CC(C4)CC3C5)CC2)n1. The molecule has 28 heavy (non-hydrogen) atoms. The predicted molar refractivity (Wildman–Crippen MR) is 107 cm³/mol. The van der Waals surface area contributed by atoms with Crippen molar-refractivity contribution in [1.29, 1.82) is 0 Å². The van der Waals surface area contributed by atoms with Gasteiger partial charge in [-0.1, -0.05) is 6.07 Å². The Morgan fingerprint density at radius 3 is 2.25 bits per heavy atom. The van der Waals surface area contributed by atoms with E-state index >= 15 is 0 Å². The molecule has 4 saturated carbocycles. The minimum Gasteiger partial charge on any atom is -0.353 e. The Bertz CT molecular complexity index is 741. The summed E-state index contributed by atoms with van der Waals surface area (Å²) in [6.07, 6.45) is 8.27. The minimum atomic E-state index is -0.0106. The number of hydrogen-bond acceptors (Lipinski definition) is 3. The molecule has 5 nitrogen and oxygen atoms in total. The molecule has 1 saturated heterocycles. The first-order chi connectivity index (χ1) is 13.6. The van der Waals surface area contributed by atoms with Gasteiger partial charge in [0.05, 0.1) is 0 Å². The van der Waals surface area contributed by atoms with Gasteiger partial charge in [0.1, 0.15) is 5.69 Å². The Balaban J connectivity index is 1.16. The van der Waals surface area contributed by atoms with Crippen LogP contribution in [-0.4, -0.2) is 40.8 Å². The standard InChI is InChI=1S/C23H31N3O2/c1-14-3-2-4-20(24-14)23(28)26-7-5-17(6-8-26)22(27)25-21-18-10-15-9-16(12-18)13-19(21)11-15/h2-4,15-19,21H,5-13H2,1H3,(H,25,27). The summed E-state index contributed by atoms with van der Waals surface area (Å²) in [6.45, 7) is 3.19. The molecule has 2 amide bonds. The number of rotatable bonds is 3. The number of carbonyl (C=O) groups is 2. The van der Waals surface area contributed by atoms with E-state index in [1.54, 1.807) is 6.07 Å². The quantitative estimate of drug-likeness (QED) is 0.875. The number of likely N-dealkylation sites (tertiary alicyclic amines) is 1. The van der Waals surface area contributed by atoms with E-state index in [4.69, 9.17) is 0 Å². The van der Waals surface area contributed by atoms with Crippen LogP contribution in [0, 0.1) is 36.5 Å². The van der Waals surface area contributed by atoms with Crippen molar-refractivity contribution in [3.05, 3.63) is 29.6 Å². The molecule has 0 spiro atoms. The van der Waals surface area contributed by atoms with Gasteiger partial charge in [0.25, 0.3) is 5.91 Å². The summed E-state index contributed by atoms with van der Waals surface area (Å²) < 4.78 is 0. The largest absolute Gasteiger partial charge is 0.353 e. The fraction of sp³-hybridized carbons (Fsp3) is 0.696. The van der Waals surface area contributed by atoms with Crippen molar-refractivity contribution in [3.8, 4) is 0 Å². The molecule has 2 heterocycles. The van der Waals surface area contributed by atoms with Crippen LogP contribution < -0.4 is 5.32 Å². The minimum absolute atomic E-state index is 0.0106. The van der Waals surface area contributed by atoms with Crippen LogP contribution in [0.2, 0.25) is 0 Å². The van der Waals surface area contributed by atoms with Crippen molar-refractivity contribution in [3.63, 3.8) is 0 Å². The van der Waals surface area contributed by atoms with Crippen molar-refractivity contribution in [2.24, 2.45) is 29.6 Å².